The molecule has 1 rings (SSSR count). The molecule has 1 aromatic carbocycles. The summed E-state index contributed by atoms with van der Waals surface area (Å²) in [5.41, 5.74) is 1.90. The zero-order chi connectivity index (χ0) is 14.3. The van der Waals surface area contributed by atoms with Crippen LogP contribution in [-0.4, -0.2) is 11.6 Å². The van der Waals surface area contributed by atoms with E-state index in [9.17, 15) is 10.1 Å². The van der Waals surface area contributed by atoms with Gasteiger partial charge in [0, 0.05) is 11.6 Å². The summed E-state index contributed by atoms with van der Waals surface area (Å²) in [6.45, 7) is 11.4. The first-order chi connectivity index (χ1) is 9.15. The summed E-state index contributed by atoms with van der Waals surface area (Å²) < 4.78 is 0. The Kier molecular flexibility index (Phi) is 5.80. The second kappa shape index (κ2) is 7.36. The fourth-order valence-corrected chi connectivity index (χ4v) is 2.26. The number of allylic oxidation sites excluding steroid dienone is 3. The lowest BCUT2D eigenvalue weighted by atomic mass is 9.40. The van der Waals surface area contributed by atoms with Gasteiger partial charge < -0.3 is 0 Å². The average molecular weight is 255 g/mol. The van der Waals surface area contributed by atoms with E-state index in [1.807, 2.05) is 18.2 Å². The van der Waals surface area contributed by atoms with E-state index >= 15 is 0 Å². The number of nitrogens with zero attached hydrogens (tertiary/aromatic N) is 1. The highest BCUT2D eigenvalue weighted by Gasteiger charge is 2.22. The van der Waals surface area contributed by atoms with Gasteiger partial charge in [0.15, 0.2) is 6.71 Å². The van der Waals surface area contributed by atoms with Gasteiger partial charge in [-0.15, -0.1) is 19.7 Å². The van der Waals surface area contributed by atoms with Gasteiger partial charge in [0.2, 0.25) is 0 Å². The fourth-order valence-electron chi connectivity index (χ4n) is 2.26. The Hall–Kier alpha value is -2.10. The van der Waals surface area contributed by atoms with Gasteiger partial charge in [-0.25, -0.2) is 0 Å². The zero-order valence-electron chi connectivity index (χ0n) is 11.0. The van der Waals surface area contributed by atoms with Crippen molar-refractivity contribution in [2.75, 3.05) is 0 Å². The monoisotopic (exact) mass is 255 g/mol. The molecule has 0 aromatic heterocycles. The molecule has 98 valence electrons. The van der Waals surface area contributed by atoms with Crippen LogP contribution in [0.3, 0.4) is 0 Å². The molecular formula is C15H18BNO2. The van der Waals surface area contributed by atoms with Crippen molar-refractivity contribution in [3.63, 3.8) is 0 Å². The normalized spacial score (nSPS) is 9.68. The molecule has 0 unspecified atom stereocenters. The quantitative estimate of drug-likeness (QED) is 0.309. The van der Waals surface area contributed by atoms with Gasteiger partial charge in [-0.05, 0) is 6.42 Å². The first-order valence-electron chi connectivity index (χ1n) is 6.24. The number of nitro groups is 1. The van der Waals surface area contributed by atoms with Gasteiger partial charge in [-0.3, -0.25) is 10.1 Å². The van der Waals surface area contributed by atoms with Gasteiger partial charge in [0.1, 0.15) is 0 Å². The molecule has 0 atom stereocenters. The molecule has 0 fully saturated rings. The van der Waals surface area contributed by atoms with Crippen LogP contribution in [0, 0.1) is 10.1 Å². The molecule has 0 N–H and O–H groups in total. The van der Waals surface area contributed by atoms with Crippen molar-refractivity contribution >= 4 is 17.9 Å². The fraction of sp³-hybridized carbons (Fsp3) is 0.200. The smallest absolute Gasteiger partial charge is 0.258 e. The van der Waals surface area contributed by atoms with Crippen LogP contribution in [0.25, 0.3) is 0 Å². The Labute approximate surface area is 114 Å². The first-order valence-corrected chi connectivity index (χ1v) is 6.24. The van der Waals surface area contributed by atoms with Crippen molar-refractivity contribution in [3.8, 4) is 0 Å². The summed E-state index contributed by atoms with van der Waals surface area (Å²) in [7, 11) is 0. The van der Waals surface area contributed by atoms with E-state index in [4.69, 9.17) is 0 Å². The Bertz CT molecular complexity index is 487. The maximum atomic E-state index is 11.1. The van der Waals surface area contributed by atoms with Crippen LogP contribution in [0.4, 0.5) is 5.69 Å². The van der Waals surface area contributed by atoms with Gasteiger partial charge in [0.05, 0.1) is 4.92 Å². The molecule has 0 saturated carbocycles. The largest absolute Gasteiger partial charge is 0.272 e. The van der Waals surface area contributed by atoms with E-state index in [-0.39, 0.29) is 17.3 Å². The highest BCUT2D eigenvalue weighted by molar-refractivity contribution is 6.74. The number of nitro benzene ring substituents is 1. The van der Waals surface area contributed by atoms with Crippen molar-refractivity contribution in [1.29, 1.82) is 0 Å². The molecule has 0 saturated heterocycles. The van der Waals surface area contributed by atoms with E-state index in [1.165, 1.54) is 0 Å². The van der Waals surface area contributed by atoms with E-state index in [0.29, 0.717) is 6.42 Å². The molecule has 0 aliphatic carbocycles. The molecule has 0 heterocycles. The molecule has 1 aromatic rings. The van der Waals surface area contributed by atoms with E-state index < -0.39 is 0 Å². The lowest BCUT2D eigenvalue weighted by Gasteiger charge is -2.14. The highest BCUT2D eigenvalue weighted by atomic mass is 16.6. The summed E-state index contributed by atoms with van der Waals surface area (Å²) in [4.78, 5) is 10.8. The summed E-state index contributed by atoms with van der Waals surface area (Å²) in [5.74, 6) is 0. The summed E-state index contributed by atoms with van der Waals surface area (Å²) >= 11 is 0. The Morgan fingerprint density at radius 1 is 1.16 bits per heavy atom. The molecule has 3 nitrogen and oxygen atoms in total. The van der Waals surface area contributed by atoms with Crippen LogP contribution in [0.5, 0.6) is 0 Å². The van der Waals surface area contributed by atoms with Crippen LogP contribution in [0.2, 0.25) is 12.6 Å². The maximum Gasteiger partial charge on any atom is 0.272 e. The van der Waals surface area contributed by atoms with Crippen LogP contribution < -0.4 is 5.46 Å². The molecule has 0 spiro atoms. The third-order valence-electron chi connectivity index (χ3n) is 3.07. The Morgan fingerprint density at radius 3 is 2.26 bits per heavy atom. The molecule has 0 aliphatic rings. The summed E-state index contributed by atoms with van der Waals surface area (Å²) in [6.07, 6.45) is 7.42. The van der Waals surface area contributed by atoms with Gasteiger partial charge in [-0.2, -0.15) is 0 Å². The van der Waals surface area contributed by atoms with E-state index in [0.717, 1.165) is 23.7 Å². The standard InChI is InChI=1S/C15H18BNO2/c1-4-8-13-14(16(11-5-2)12-6-3)9-7-10-15(13)17(18)19/h4-7,9-10H,1-3,8,11-12H2. The zero-order valence-corrected chi connectivity index (χ0v) is 11.0. The number of hydrogen-bond donors (Lipinski definition) is 0. The predicted octanol–water partition coefficient (Wildman–Crippen LogP) is 3.40. The minimum Gasteiger partial charge on any atom is -0.258 e. The molecule has 0 bridgehead atoms. The molecular weight excluding hydrogens is 237 g/mol. The van der Waals surface area contributed by atoms with Crippen molar-refractivity contribution in [2.24, 2.45) is 0 Å². The minimum absolute atomic E-state index is 0.163. The van der Waals surface area contributed by atoms with Crippen LogP contribution in [0.15, 0.2) is 56.2 Å². The van der Waals surface area contributed by atoms with Crippen LogP contribution >= 0.6 is 0 Å². The number of hydrogen-bond acceptors (Lipinski definition) is 2. The number of rotatable bonds is 8. The third kappa shape index (κ3) is 3.68. The maximum absolute atomic E-state index is 11.1. The van der Waals surface area contributed by atoms with Crippen LogP contribution in [-0.2, 0) is 6.42 Å². The van der Waals surface area contributed by atoms with Gasteiger partial charge in [0.25, 0.3) is 5.69 Å². The van der Waals surface area contributed by atoms with Crippen LogP contribution in [0.1, 0.15) is 5.56 Å². The molecule has 19 heavy (non-hydrogen) atoms. The molecule has 0 amide bonds. The van der Waals surface area contributed by atoms with Gasteiger partial charge >= 0.3 is 0 Å². The molecule has 0 aliphatic heterocycles. The predicted molar refractivity (Wildman–Crippen MR) is 82.4 cm³/mol. The van der Waals surface area contributed by atoms with Crippen molar-refractivity contribution in [3.05, 3.63) is 71.8 Å². The topological polar surface area (TPSA) is 43.1 Å². The first kappa shape index (κ1) is 15.0. The highest BCUT2D eigenvalue weighted by Crippen LogP contribution is 2.19. The molecule has 4 heteroatoms. The SMILES string of the molecule is C=CCB(CC=C)c1cccc([N+](=O)[O-])c1CC=C. The van der Waals surface area contributed by atoms with Crippen molar-refractivity contribution < 1.29 is 4.92 Å². The lowest BCUT2D eigenvalue weighted by Crippen LogP contribution is -2.32. The summed E-state index contributed by atoms with van der Waals surface area (Å²) in [6, 6.07) is 5.23. The Morgan fingerprint density at radius 2 is 1.79 bits per heavy atom. The minimum atomic E-state index is -0.332. The van der Waals surface area contributed by atoms with Gasteiger partial charge in [-0.1, -0.05) is 48.5 Å². The average Bonchev–Trinajstić information content (AvgIpc) is 2.39. The second-order valence-electron chi connectivity index (χ2n) is 4.34. The lowest BCUT2D eigenvalue weighted by molar-refractivity contribution is -0.385. The van der Waals surface area contributed by atoms with E-state index in [2.05, 4.69) is 19.7 Å². The van der Waals surface area contributed by atoms with E-state index in [1.54, 1.807) is 18.2 Å². The summed E-state index contributed by atoms with van der Waals surface area (Å²) in [5, 5.41) is 11.1. The molecule has 0 radical (unpaired) electrons. The van der Waals surface area contributed by atoms with Crippen molar-refractivity contribution in [2.45, 2.75) is 19.1 Å². The number of benzene rings is 1. The Balaban J connectivity index is 3.33. The third-order valence-corrected chi connectivity index (χ3v) is 3.07. The van der Waals surface area contributed by atoms with Crippen molar-refractivity contribution in [1.82, 2.24) is 0 Å². The second-order valence-corrected chi connectivity index (χ2v) is 4.34.